The number of halogens is 1. The van der Waals surface area contributed by atoms with Gasteiger partial charge in [-0.3, -0.25) is 9.78 Å². The highest BCUT2D eigenvalue weighted by Gasteiger charge is 2.29. The van der Waals surface area contributed by atoms with Crippen molar-refractivity contribution in [2.45, 2.75) is 53.0 Å². The molecule has 4 aromatic rings. The Balaban J connectivity index is 1.28. The highest BCUT2D eigenvalue weighted by atomic mass is 19.1. The van der Waals surface area contributed by atoms with Gasteiger partial charge in [-0.25, -0.2) is 9.37 Å². The zero-order chi connectivity index (χ0) is 31.9. The van der Waals surface area contributed by atoms with Gasteiger partial charge in [0, 0.05) is 84.5 Å². The number of fused-ring (bicyclic) bond motifs is 1. The van der Waals surface area contributed by atoms with Crippen LogP contribution in [0, 0.1) is 25.6 Å². The Hall–Kier alpha value is -4.24. The van der Waals surface area contributed by atoms with E-state index >= 15 is 0 Å². The maximum absolute atomic E-state index is 14.3. The number of ether oxygens (including phenoxy) is 1. The van der Waals surface area contributed by atoms with Gasteiger partial charge in [0.05, 0.1) is 18.3 Å². The van der Waals surface area contributed by atoms with Gasteiger partial charge in [0.15, 0.2) is 11.6 Å². The van der Waals surface area contributed by atoms with Gasteiger partial charge < -0.3 is 24.4 Å². The first-order valence-electron chi connectivity index (χ1n) is 16.6. The molecule has 2 aliphatic heterocycles. The first-order chi connectivity index (χ1) is 22.3. The number of carbonyl (C=O) groups is 1. The van der Waals surface area contributed by atoms with Gasteiger partial charge in [0.25, 0.3) is 5.91 Å². The summed E-state index contributed by atoms with van der Waals surface area (Å²) in [6.07, 6.45) is 6.73. The van der Waals surface area contributed by atoms with E-state index in [9.17, 15) is 9.18 Å². The minimum absolute atomic E-state index is 0.0196. The van der Waals surface area contributed by atoms with Crippen LogP contribution < -0.4 is 15.0 Å². The van der Waals surface area contributed by atoms with Gasteiger partial charge in [0.2, 0.25) is 0 Å². The van der Waals surface area contributed by atoms with Crippen LogP contribution in [0.3, 0.4) is 0 Å². The molecule has 3 aliphatic rings. The van der Waals surface area contributed by atoms with E-state index in [-0.39, 0.29) is 11.7 Å². The fourth-order valence-electron chi connectivity index (χ4n) is 6.95. The van der Waals surface area contributed by atoms with E-state index in [1.165, 1.54) is 42.8 Å². The molecule has 0 unspecified atom stereocenters. The molecule has 1 saturated carbocycles. The second-order valence-electron chi connectivity index (χ2n) is 12.9. The van der Waals surface area contributed by atoms with E-state index in [2.05, 4.69) is 63.1 Å². The third-order valence-corrected chi connectivity index (χ3v) is 9.66. The minimum Gasteiger partial charge on any atom is -0.493 e. The Morgan fingerprint density at radius 3 is 2.54 bits per heavy atom. The monoisotopic (exact) mass is 622 g/mol. The van der Waals surface area contributed by atoms with Gasteiger partial charge in [-0.1, -0.05) is 19.1 Å². The zero-order valence-corrected chi connectivity index (χ0v) is 27.3. The summed E-state index contributed by atoms with van der Waals surface area (Å²) in [5.74, 6) is 1.35. The zero-order valence-electron chi connectivity index (χ0n) is 27.3. The molecule has 0 bridgehead atoms. The van der Waals surface area contributed by atoms with Crippen molar-refractivity contribution >= 4 is 28.2 Å². The Bertz CT molecular complexity index is 1830. The predicted molar refractivity (Wildman–Crippen MR) is 181 cm³/mol. The van der Waals surface area contributed by atoms with Crippen molar-refractivity contribution in [2.75, 3.05) is 51.3 Å². The lowest BCUT2D eigenvalue weighted by Gasteiger charge is -2.36. The van der Waals surface area contributed by atoms with Crippen molar-refractivity contribution in [1.82, 2.24) is 24.8 Å². The Morgan fingerprint density at radius 2 is 1.85 bits per heavy atom. The third-order valence-electron chi connectivity index (χ3n) is 9.66. The van der Waals surface area contributed by atoms with E-state index in [0.717, 1.165) is 60.4 Å². The number of pyridine rings is 2. The molecule has 240 valence electrons. The molecule has 5 heterocycles. The van der Waals surface area contributed by atoms with Crippen LogP contribution in [-0.2, 0) is 13.0 Å². The Labute approximate surface area is 270 Å². The fraction of sp³-hybridized carbons (Fsp3) is 0.432. The summed E-state index contributed by atoms with van der Waals surface area (Å²) >= 11 is 0. The molecule has 9 heteroatoms. The molecule has 0 radical (unpaired) electrons. The smallest absolute Gasteiger partial charge is 0.254 e. The van der Waals surface area contributed by atoms with E-state index in [4.69, 9.17) is 9.72 Å². The van der Waals surface area contributed by atoms with Crippen LogP contribution in [0.4, 0.5) is 10.2 Å². The summed E-state index contributed by atoms with van der Waals surface area (Å²) < 4.78 is 22.1. The lowest BCUT2D eigenvalue weighted by molar-refractivity contribution is 0.0746. The van der Waals surface area contributed by atoms with Crippen LogP contribution in [0.5, 0.6) is 5.75 Å². The van der Waals surface area contributed by atoms with E-state index in [1.807, 2.05) is 11.8 Å². The maximum Gasteiger partial charge on any atom is 0.254 e. The van der Waals surface area contributed by atoms with Crippen molar-refractivity contribution in [3.8, 4) is 16.9 Å². The largest absolute Gasteiger partial charge is 0.493 e. The highest BCUT2D eigenvalue weighted by molar-refractivity contribution is 6.05. The molecule has 1 amide bonds. The van der Waals surface area contributed by atoms with Crippen LogP contribution in [0.15, 0.2) is 42.5 Å². The average molecular weight is 623 g/mol. The van der Waals surface area contributed by atoms with Gasteiger partial charge in [-0.05, 0) is 81.8 Å². The minimum atomic E-state index is -0.388. The van der Waals surface area contributed by atoms with Gasteiger partial charge in [0.1, 0.15) is 5.82 Å². The molecule has 8 nitrogen and oxygen atoms in total. The first-order valence-corrected chi connectivity index (χ1v) is 16.6. The van der Waals surface area contributed by atoms with Crippen molar-refractivity contribution in [3.63, 3.8) is 0 Å². The second kappa shape index (κ2) is 12.5. The Morgan fingerprint density at radius 1 is 1.04 bits per heavy atom. The molecular formula is C37H43FN6O2. The number of rotatable bonds is 8. The van der Waals surface area contributed by atoms with Gasteiger partial charge in [-0.15, -0.1) is 0 Å². The van der Waals surface area contributed by atoms with Crippen LogP contribution in [0.2, 0.25) is 0 Å². The number of nitrogens with zero attached hydrogens (tertiary/aromatic N) is 5. The van der Waals surface area contributed by atoms with Gasteiger partial charge >= 0.3 is 0 Å². The predicted octanol–water partition coefficient (Wildman–Crippen LogP) is 6.17. The molecule has 1 saturated heterocycles. The summed E-state index contributed by atoms with van der Waals surface area (Å²) in [5.41, 5.74) is 9.03. The number of aromatic nitrogens is 3. The van der Waals surface area contributed by atoms with Gasteiger partial charge in [-0.2, -0.15) is 0 Å². The van der Waals surface area contributed by atoms with Crippen LogP contribution in [0.25, 0.3) is 27.6 Å². The standard InChI is InChI=1S/C37H43FN6O2/c1-5-32-29(11-8-23(2)40-32)30-18-28(17-27-19-33(26-7-6-12-39-21-26)44(35(27)30)22-25-9-10-25)37(45)43-15-13-42(14-16-43)36-34(46-4)20-31(38)24(3)41-36/h7-8,11,17-20,25,39H,5-6,9-10,12-16,21-22H2,1-4H3. The lowest BCUT2D eigenvalue weighted by atomic mass is 9.96. The Kier molecular flexibility index (Phi) is 8.27. The van der Waals surface area contributed by atoms with Crippen molar-refractivity contribution in [3.05, 3.63) is 76.6 Å². The number of nitrogens with one attached hydrogen (secondary N) is 1. The number of hydrogen-bond acceptors (Lipinski definition) is 6. The molecule has 1 aromatic carbocycles. The molecule has 46 heavy (non-hydrogen) atoms. The van der Waals surface area contributed by atoms with E-state index in [0.29, 0.717) is 54.9 Å². The molecule has 1 aliphatic carbocycles. The SMILES string of the molecule is CCc1nc(C)ccc1-c1cc(C(=O)N2CCN(c3nc(C)c(F)cc3OC)CC2)cc2cc(C3=CCCNC3)n(CC3CC3)c12. The molecule has 7 rings (SSSR count). The molecule has 2 fully saturated rings. The number of carbonyl (C=O) groups excluding carboxylic acids is 1. The van der Waals surface area contributed by atoms with Crippen LogP contribution in [-0.4, -0.2) is 71.7 Å². The molecule has 0 spiro atoms. The van der Waals surface area contributed by atoms with Crippen LogP contribution >= 0.6 is 0 Å². The highest BCUT2D eigenvalue weighted by Crippen LogP contribution is 2.40. The fourth-order valence-corrected chi connectivity index (χ4v) is 6.95. The summed E-state index contributed by atoms with van der Waals surface area (Å²) in [4.78, 5) is 27.7. The lowest BCUT2D eigenvalue weighted by Crippen LogP contribution is -2.49. The number of amides is 1. The normalized spacial score (nSPS) is 17.0. The third kappa shape index (κ3) is 5.77. The van der Waals surface area contributed by atoms with E-state index < -0.39 is 0 Å². The number of methoxy groups -OCH3 is 1. The summed E-state index contributed by atoms with van der Waals surface area (Å²) in [5, 5.41) is 4.66. The van der Waals surface area contributed by atoms with Crippen LogP contribution in [0.1, 0.15) is 59.3 Å². The van der Waals surface area contributed by atoms with Crippen molar-refractivity contribution in [1.29, 1.82) is 0 Å². The molecular weight excluding hydrogens is 579 g/mol. The number of benzene rings is 1. The molecule has 0 atom stereocenters. The second-order valence-corrected chi connectivity index (χ2v) is 12.9. The summed E-state index contributed by atoms with van der Waals surface area (Å²) in [6.45, 7) is 10.9. The van der Waals surface area contributed by atoms with Crippen molar-refractivity contribution < 1.29 is 13.9 Å². The summed E-state index contributed by atoms with van der Waals surface area (Å²) in [6, 6.07) is 12.2. The number of hydrogen-bond donors (Lipinski definition) is 1. The summed E-state index contributed by atoms with van der Waals surface area (Å²) in [7, 11) is 1.53. The topological polar surface area (TPSA) is 75.5 Å². The molecule has 3 aromatic heterocycles. The average Bonchev–Trinajstić information content (AvgIpc) is 3.84. The number of aryl methyl sites for hydroxylation is 3. The number of piperazine rings is 1. The quantitative estimate of drug-likeness (QED) is 0.253. The van der Waals surface area contributed by atoms with E-state index in [1.54, 1.807) is 6.92 Å². The maximum atomic E-state index is 14.3. The van der Waals surface area contributed by atoms with Crippen molar-refractivity contribution in [2.24, 2.45) is 5.92 Å². The molecule has 1 N–H and O–H groups in total. The first kappa shape index (κ1) is 30.4. The number of anilines is 1.